The largest absolute Gasteiger partial charge is 0.409 e. The molecule has 0 saturated heterocycles. The van der Waals surface area contributed by atoms with Crippen LogP contribution in [-0.2, 0) is 6.54 Å². The summed E-state index contributed by atoms with van der Waals surface area (Å²) in [7, 11) is 1.99. The number of rotatable bonds is 5. The molecule has 1 aliphatic carbocycles. The lowest BCUT2D eigenvalue weighted by atomic mass is 10.1. The second kappa shape index (κ2) is 5.69. The average molecular weight is 303 g/mol. The molecule has 0 bridgehead atoms. The van der Waals surface area contributed by atoms with Crippen LogP contribution in [0, 0.1) is 0 Å². The molecule has 21 heavy (non-hydrogen) atoms. The predicted molar refractivity (Wildman–Crippen MR) is 82.9 cm³/mol. The minimum Gasteiger partial charge on any atom is -0.409 e. The van der Waals surface area contributed by atoms with Gasteiger partial charge in [0.05, 0.1) is 0 Å². The van der Waals surface area contributed by atoms with Crippen LogP contribution in [0.2, 0.25) is 0 Å². The van der Waals surface area contributed by atoms with Crippen LogP contribution in [-0.4, -0.2) is 27.4 Å². The van der Waals surface area contributed by atoms with Crippen LogP contribution in [0.15, 0.2) is 29.4 Å². The molecule has 1 aliphatic rings. The Hall–Kier alpha value is -2.15. The monoisotopic (exact) mass is 303 g/mol. The highest BCUT2D eigenvalue weighted by atomic mass is 32.1. The second-order valence-electron chi connectivity index (χ2n) is 5.25. The van der Waals surface area contributed by atoms with Crippen molar-refractivity contribution in [3.63, 3.8) is 0 Å². The van der Waals surface area contributed by atoms with E-state index in [-0.39, 0.29) is 5.84 Å². The third-order valence-corrected chi connectivity index (χ3v) is 4.29. The number of benzene rings is 1. The van der Waals surface area contributed by atoms with E-state index in [9.17, 15) is 0 Å². The zero-order valence-electron chi connectivity index (χ0n) is 11.7. The molecule has 3 N–H and O–H groups in total. The molecule has 0 spiro atoms. The van der Waals surface area contributed by atoms with E-state index in [2.05, 4.69) is 19.4 Å². The number of anilines is 1. The van der Waals surface area contributed by atoms with Crippen molar-refractivity contribution in [1.29, 1.82) is 0 Å². The van der Waals surface area contributed by atoms with E-state index in [1.54, 1.807) is 0 Å². The molecule has 1 heterocycles. The quantitative estimate of drug-likeness (QED) is 0.382. The van der Waals surface area contributed by atoms with Crippen molar-refractivity contribution >= 4 is 22.5 Å². The van der Waals surface area contributed by atoms with Crippen molar-refractivity contribution in [2.45, 2.75) is 25.3 Å². The number of hydrogen-bond donors (Lipinski definition) is 2. The molecule has 0 unspecified atom stereocenters. The molecule has 1 fully saturated rings. The van der Waals surface area contributed by atoms with Crippen molar-refractivity contribution in [1.82, 2.24) is 9.36 Å². The highest BCUT2D eigenvalue weighted by Gasteiger charge is 2.28. The minimum atomic E-state index is 0.117. The van der Waals surface area contributed by atoms with Crippen molar-refractivity contribution in [2.24, 2.45) is 10.9 Å². The smallest absolute Gasteiger partial charge is 0.205 e. The van der Waals surface area contributed by atoms with Gasteiger partial charge in [0.15, 0.2) is 5.84 Å². The van der Waals surface area contributed by atoms with Gasteiger partial charge in [-0.05, 0) is 24.5 Å². The highest BCUT2D eigenvalue weighted by molar-refractivity contribution is 7.09. The van der Waals surface area contributed by atoms with E-state index in [0.29, 0.717) is 18.0 Å². The molecule has 0 amide bonds. The maximum Gasteiger partial charge on any atom is 0.205 e. The fourth-order valence-corrected chi connectivity index (χ4v) is 2.82. The summed E-state index contributed by atoms with van der Waals surface area (Å²) in [6, 6.07) is 7.63. The van der Waals surface area contributed by atoms with E-state index < -0.39 is 0 Å². The number of amidine groups is 1. The Morgan fingerprint density at radius 3 is 3.05 bits per heavy atom. The molecular weight excluding hydrogens is 286 g/mol. The summed E-state index contributed by atoms with van der Waals surface area (Å²) in [5.41, 5.74) is 7.40. The Balaban J connectivity index is 1.72. The van der Waals surface area contributed by atoms with E-state index in [0.717, 1.165) is 16.5 Å². The van der Waals surface area contributed by atoms with Gasteiger partial charge in [0, 0.05) is 36.6 Å². The van der Waals surface area contributed by atoms with Crippen LogP contribution < -0.4 is 10.6 Å². The fourth-order valence-electron chi connectivity index (χ4n) is 2.12. The highest BCUT2D eigenvalue weighted by Crippen LogP contribution is 2.39. The van der Waals surface area contributed by atoms with Crippen LogP contribution in [0.4, 0.5) is 5.13 Å². The Morgan fingerprint density at radius 2 is 2.33 bits per heavy atom. The van der Waals surface area contributed by atoms with Crippen LogP contribution in [0.1, 0.15) is 35.7 Å². The summed E-state index contributed by atoms with van der Waals surface area (Å²) in [5, 5.41) is 12.7. The number of nitrogens with two attached hydrogens (primary N) is 1. The van der Waals surface area contributed by atoms with E-state index in [1.165, 1.54) is 24.4 Å². The molecule has 1 aromatic carbocycles. The molecule has 1 saturated carbocycles. The van der Waals surface area contributed by atoms with Crippen molar-refractivity contribution in [3.8, 4) is 0 Å². The molecule has 0 aliphatic heterocycles. The molecular formula is C14H17N5OS. The van der Waals surface area contributed by atoms with Crippen molar-refractivity contribution in [3.05, 3.63) is 41.2 Å². The molecule has 0 radical (unpaired) electrons. The van der Waals surface area contributed by atoms with Crippen LogP contribution >= 0.6 is 11.5 Å². The molecule has 0 atom stereocenters. The van der Waals surface area contributed by atoms with Crippen LogP contribution in [0.25, 0.3) is 0 Å². The van der Waals surface area contributed by atoms with E-state index in [1.807, 2.05) is 31.3 Å². The Morgan fingerprint density at radius 1 is 1.52 bits per heavy atom. The first-order chi connectivity index (χ1) is 10.2. The zero-order chi connectivity index (χ0) is 14.8. The maximum atomic E-state index is 8.74. The van der Waals surface area contributed by atoms with E-state index >= 15 is 0 Å². The number of hydrogen-bond acceptors (Lipinski definition) is 6. The first-order valence-corrected chi connectivity index (χ1v) is 7.56. The second-order valence-corrected chi connectivity index (χ2v) is 5.98. The lowest BCUT2D eigenvalue weighted by molar-refractivity contribution is 0.318. The third-order valence-electron chi connectivity index (χ3n) is 3.45. The van der Waals surface area contributed by atoms with E-state index in [4.69, 9.17) is 10.9 Å². The maximum absolute atomic E-state index is 8.74. The Bertz CT molecular complexity index is 665. The molecule has 1 aromatic heterocycles. The Labute approximate surface area is 127 Å². The van der Waals surface area contributed by atoms with Gasteiger partial charge in [0.2, 0.25) is 5.13 Å². The fraction of sp³-hybridized carbons (Fsp3) is 0.357. The summed E-state index contributed by atoms with van der Waals surface area (Å²) in [4.78, 5) is 6.65. The molecule has 110 valence electrons. The standard InChI is InChI=1S/C14H17N5OS/c1-19(14-16-13(18-21-14)10-5-6-10)8-9-3-2-4-11(7-9)12(15)17-20/h2-4,7,10,20H,5-6,8H2,1H3,(H2,15,17). The SMILES string of the molecule is CN(Cc1cccc(C(N)=NO)c1)c1nc(C2CC2)ns1. The molecule has 3 rings (SSSR count). The average Bonchev–Trinajstić information content (AvgIpc) is 3.23. The lowest BCUT2D eigenvalue weighted by Gasteiger charge is -2.15. The van der Waals surface area contributed by atoms with Gasteiger partial charge in [-0.25, -0.2) is 4.98 Å². The first kappa shape index (κ1) is 13.8. The van der Waals surface area contributed by atoms with Gasteiger partial charge in [-0.1, -0.05) is 23.4 Å². The zero-order valence-corrected chi connectivity index (χ0v) is 12.5. The summed E-state index contributed by atoms with van der Waals surface area (Å²) in [6.07, 6.45) is 2.42. The van der Waals surface area contributed by atoms with Gasteiger partial charge in [0.1, 0.15) is 5.82 Å². The topological polar surface area (TPSA) is 87.6 Å². The van der Waals surface area contributed by atoms with Gasteiger partial charge < -0.3 is 15.8 Å². The Kier molecular flexibility index (Phi) is 3.74. The summed E-state index contributed by atoms with van der Waals surface area (Å²) < 4.78 is 4.42. The van der Waals surface area contributed by atoms with Crippen LogP contribution in [0.5, 0.6) is 0 Å². The molecule has 2 aromatic rings. The van der Waals surface area contributed by atoms with Crippen molar-refractivity contribution in [2.75, 3.05) is 11.9 Å². The normalized spacial score (nSPS) is 15.2. The van der Waals surface area contributed by atoms with Crippen molar-refractivity contribution < 1.29 is 5.21 Å². The van der Waals surface area contributed by atoms with Crippen LogP contribution in [0.3, 0.4) is 0 Å². The third kappa shape index (κ3) is 3.13. The summed E-state index contributed by atoms with van der Waals surface area (Å²) in [6.45, 7) is 0.700. The lowest BCUT2D eigenvalue weighted by Crippen LogP contribution is -2.17. The minimum absolute atomic E-state index is 0.117. The number of nitrogens with zero attached hydrogens (tertiary/aromatic N) is 4. The van der Waals surface area contributed by atoms with Gasteiger partial charge in [0.25, 0.3) is 0 Å². The number of aromatic nitrogens is 2. The molecule has 6 nitrogen and oxygen atoms in total. The number of oxime groups is 1. The van der Waals surface area contributed by atoms with Gasteiger partial charge in [-0.3, -0.25) is 0 Å². The van der Waals surface area contributed by atoms with Gasteiger partial charge in [-0.2, -0.15) is 4.37 Å². The summed E-state index contributed by atoms with van der Waals surface area (Å²) in [5.74, 6) is 1.67. The predicted octanol–water partition coefficient (Wildman–Crippen LogP) is 2.15. The summed E-state index contributed by atoms with van der Waals surface area (Å²) >= 11 is 1.44. The van der Waals surface area contributed by atoms with Gasteiger partial charge >= 0.3 is 0 Å². The molecule has 7 heteroatoms. The van der Waals surface area contributed by atoms with Gasteiger partial charge in [-0.15, -0.1) is 0 Å². The first-order valence-electron chi connectivity index (χ1n) is 6.79.